The number of rotatable bonds is 32. The van der Waals surface area contributed by atoms with Crippen LogP contribution < -0.4 is 54.4 Å². The number of carboxylic acids is 2. The molecule has 4 aromatic rings. The number of carbonyl (C=O) groups excluding carboxylic acids is 16. The van der Waals surface area contributed by atoms with Gasteiger partial charge in [-0.25, -0.2) is 4.79 Å². The Morgan fingerprint density at radius 1 is 0.672 bits per heavy atom. The van der Waals surface area contributed by atoms with Gasteiger partial charge in [-0.15, -0.1) is 5.10 Å². The summed E-state index contributed by atoms with van der Waals surface area (Å²) >= 11 is 0. The van der Waals surface area contributed by atoms with Gasteiger partial charge in [0.05, 0.1) is 60.3 Å². The number of hydrogen-bond acceptors (Lipinski definition) is 25. The molecule has 19 N–H and O–H groups in total. The van der Waals surface area contributed by atoms with Crippen molar-refractivity contribution in [2.24, 2.45) is 52.7 Å². The van der Waals surface area contributed by atoms with Gasteiger partial charge in [0.2, 0.25) is 47.3 Å². The van der Waals surface area contributed by atoms with Crippen molar-refractivity contribution in [3.8, 4) is 5.75 Å². The second-order valence-corrected chi connectivity index (χ2v) is 34.9. The van der Waals surface area contributed by atoms with E-state index in [2.05, 4.69) is 52.5 Å². The molecule has 10 amide bonds. The zero-order valence-electron chi connectivity index (χ0n) is 70.5. The Morgan fingerprint density at radius 2 is 1.32 bits per heavy atom. The lowest BCUT2D eigenvalue weighted by Gasteiger charge is -2.30. The van der Waals surface area contributed by atoms with Crippen LogP contribution in [0.2, 0.25) is 0 Å². The minimum atomic E-state index is -1.91. The molecule has 3 aliphatic heterocycles. The maximum absolute atomic E-state index is 15.7. The van der Waals surface area contributed by atoms with Gasteiger partial charge in [-0.2, -0.15) is 0 Å². The quantitative estimate of drug-likeness (QED) is 0.0144. The van der Waals surface area contributed by atoms with Gasteiger partial charge in [0, 0.05) is 169 Å². The lowest BCUT2D eigenvalue weighted by Crippen LogP contribution is -2.52. The first-order valence-corrected chi connectivity index (χ1v) is 44.7. The highest BCUT2D eigenvalue weighted by Crippen LogP contribution is 2.32. The van der Waals surface area contributed by atoms with Crippen LogP contribution in [0.5, 0.6) is 5.75 Å². The Bertz CT molecular complexity index is 4520. The molecule has 0 radical (unpaired) electrons. The largest absolute Gasteiger partial charge is 0.508 e. The number of ketones is 7. The van der Waals surface area contributed by atoms with Gasteiger partial charge >= 0.3 is 18.0 Å². The number of phenolic OH excluding ortho intramolecular Hbond substituents is 1. The van der Waals surface area contributed by atoms with Crippen molar-refractivity contribution in [2.75, 3.05) is 44.7 Å². The third-order valence-corrected chi connectivity index (χ3v) is 24.8. The number of fused-ring (bicyclic) bond motifs is 12. The molecule has 0 saturated carbocycles. The number of aromatic nitrogens is 4. The Hall–Kier alpha value is -11.5. The van der Waals surface area contributed by atoms with Crippen molar-refractivity contribution < 1.29 is 107 Å². The maximum atomic E-state index is 15.7. The van der Waals surface area contributed by atoms with Crippen molar-refractivity contribution in [2.45, 2.75) is 230 Å². The smallest absolute Gasteiger partial charge is 0.323 e. The first-order chi connectivity index (χ1) is 59.5. The Balaban J connectivity index is 1.44. The molecule has 4 bridgehead atoms. The molecule has 7 rings (SSSR count). The number of nitrogens with two attached hydrogens (primary N) is 3. The number of guanidine groups is 1. The SMILES string of the molecule is CCCCCC(=O)CCC(=O)N[C@H]1CSSC[C@@H]2NC(=O)[C@H](CCCNC(=N)N)CC(=O)[C@@H]3CCCN3C(=O)[C@H](CC(=O)O)CC(=O)[C@H]([C@@H](C)O)NC(=O)[C@@H](CC1=O)Cc1cn(nn1)CCC[C@@H](C(=O)C[C@@H](Cc1ccc(O)cc1)C(=O)N(C)CC(=O)O)NC(=O)[C@H](CCC(N)=O)CC(=O)[C@H](Cc1c[nH]c3ccccc13)NC(=O)[C@H](CCCNC(N)=O)CC2=O. The molecule has 0 spiro atoms. The second-order valence-electron chi connectivity index (χ2n) is 32.3. The van der Waals surface area contributed by atoms with Gasteiger partial charge < -0.3 is 89.6 Å². The molecular weight excluding hydrogens is 1660 g/mol. The monoisotopic (exact) mass is 1780 g/mol. The first-order valence-electron chi connectivity index (χ1n) is 42.2. The van der Waals surface area contributed by atoms with Crippen molar-refractivity contribution >= 4 is 144 Å². The van der Waals surface area contributed by atoms with Crippen LogP contribution in [-0.4, -0.2) is 249 Å². The Morgan fingerprint density at radius 3 is 1.99 bits per heavy atom. The zero-order chi connectivity index (χ0) is 91.6. The molecule has 2 aromatic heterocycles. The van der Waals surface area contributed by atoms with E-state index in [1.165, 1.54) is 42.2 Å². The molecule has 682 valence electrons. The van der Waals surface area contributed by atoms with Crippen LogP contribution in [0.25, 0.3) is 10.9 Å². The molecule has 3 aliphatic rings. The van der Waals surface area contributed by atoms with E-state index in [4.69, 9.17) is 22.6 Å². The van der Waals surface area contributed by atoms with Crippen LogP contribution in [0.3, 0.4) is 0 Å². The van der Waals surface area contributed by atoms with Crippen LogP contribution in [0, 0.1) is 40.9 Å². The summed E-state index contributed by atoms with van der Waals surface area (Å²) in [6, 6.07) is 2.07. The van der Waals surface area contributed by atoms with Crippen LogP contribution in [0.4, 0.5) is 4.79 Å². The molecule has 125 heavy (non-hydrogen) atoms. The van der Waals surface area contributed by atoms with Gasteiger partial charge in [-0.3, -0.25) is 91.6 Å². The number of amides is 10. The van der Waals surface area contributed by atoms with E-state index in [9.17, 15) is 68.4 Å². The van der Waals surface area contributed by atoms with Gasteiger partial charge in [-0.05, 0) is 107 Å². The number of likely N-dealkylation sites (N-methyl/N-ethyl adjacent to an activating group) is 1. The lowest BCUT2D eigenvalue weighted by molar-refractivity contribution is -0.148. The number of aryl methyl sites for hydroxylation is 1. The van der Waals surface area contributed by atoms with Crippen LogP contribution in [0.1, 0.15) is 178 Å². The van der Waals surface area contributed by atoms with Gasteiger partial charge in [0.15, 0.2) is 40.7 Å². The van der Waals surface area contributed by atoms with E-state index in [0.29, 0.717) is 28.5 Å². The second kappa shape index (κ2) is 50.5. The number of benzene rings is 2. The number of hydrogen-bond donors (Lipinski definition) is 16. The number of nitrogens with zero attached hydrogens (tertiary/aromatic N) is 5. The van der Waals surface area contributed by atoms with Crippen LogP contribution in [-0.2, 0) is 107 Å². The minimum absolute atomic E-state index is 0.00208. The number of para-hydroxylation sites is 1. The number of aliphatic hydroxyl groups is 1. The maximum Gasteiger partial charge on any atom is 0.323 e. The van der Waals surface area contributed by atoms with Crippen molar-refractivity contribution in [1.29, 1.82) is 5.41 Å². The highest BCUT2D eigenvalue weighted by molar-refractivity contribution is 8.76. The average Bonchev–Trinajstić information content (AvgIpc) is 1.62. The third-order valence-electron chi connectivity index (χ3n) is 22.4. The number of nitrogens with one attached hydrogen (secondary N) is 9. The molecule has 5 heterocycles. The molecular formula is C84H117N17O22S2. The standard InChI is InChI=1S/C84H117N17O22S2/c1-4-5-6-15-57(103)25-27-73(112)92-63-45-124-125-46-64-68(107)35-49(14-10-29-90-84(88)123)77(117)94-62(34-55-42-91-60-17-8-7-16-59(55)60)67(106)36-51(22-26-72(85)111)79(119)93-61(66(105)39-53(81(121)99(3)44-75(115)116)32-48-20-23-58(104)24-21-48)18-11-30-100-43-56(97-98-100)33-52(38-69(63)108)80(120)96-76(47(2)102)71(110)40-54(41-74(113)114)82(122)101-31-12-19-65(101)70(109)37-50(78(118)95-64)13-9-28-89-83(86)87/h7-8,16-17,20-21,23-24,42-43,47,49-54,61-65,76,91,102,104H,4-6,9-15,18-19,22,25-41,44-46H2,1-3H3,(H2,85,111)(H,92,112)(H,93,119)(H,94,117)(H,95,118)(H,96,120)(H,113,114)(H,115,116)(H4,86,87,89)(H3,88,90,123)/t47-,49-,50-,51-,52-,53-,54+,61+,62+,63+,64+,65+,76+/m1/s1. The van der Waals surface area contributed by atoms with E-state index < -0.39 is 267 Å². The summed E-state index contributed by atoms with van der Waals surface area (Å²) in [4.78, 5) is 264. The van der Waals surface area contributed by atoms with Crippen molar-refractivity contribution in [1.82, 2.24) is 67.0 Å². The number of unbranched alkanes of at least 4 members (excludes halogenated alkanes) is 2. The van der Waals surface area contributed by atoms with E-state index in [1.54, 1.807) is 30.5 Å². The normalized spacial score (nSPS) is 22.9. The van der Waals surface area contributed by atoms with E-state index in [0.717, 1.165) is 51.2 Å². The minimum Gasteiger partial charge on any atom is -0.508 e. The summed E-state index contributed by atoms with van der Waals surface area (Å²) in [5.41, 5.74) is 18.4. The third kappa shape index (κ3) is 33.2. The van der Waals surface area contributed by atoms with E-state index in [1.807, 2.05) is 6.92 Å². The number of urea groups is 1. The Labute approximate surface area is 730 Å². The summed E-state index contributed by atoms with van der Waals surface area (Å²) in [6.45, 7) is 1.85. The number of aromatic amines is 1. The predicted octanol–water partition coefficient (Wildman–Crippen LogP) is 1.85. The molecule has 0 unspecified atom stereocenters. The van der Waals surface area contributed by atoms with Gasteiger partial charge in [0.1, 0.15) is 24.1 Å². The molecule has 2 saturated heterocycles. The number of Topliss-reactive ketones (excluding diaryl/α,β-unsaturated/α-hetero) is 7. The summed E-state index contributed by atoms with van der Waals surface area (Å²) in [6.07, 6.45) is -5.17. The molecule has 2 fully saturated rings. The highest BCUT2D eigenvalue weighted by atomic mass is 33.1. The van der Waals surface area contributed by atoms with Gasteiger partial charge in [-0.1, -0.05) is 76.9 Å². The fourth-order valence-corrected chi connectivity index (χ4v) is 18.0. The number of phenols is 1. The number of carboxylic acid groups (broad SMARTS) is 2. The van der Waals surface area contributed by atoms with Gasteiger partial charge in [0.25, 0.3) is 0 Å². The number of H-pyrrole nitrogens is 1. The highest BCUT2D eigenvalue weighted by Gasteiger charge is 2.44. The van der Waals surface area contributed by atoms with E-state index in [-0.39, 0.29) is 126 Å². The number of aromatic hydroxyl groups is 1. The fourth-order valence-electron chi connectivity index (χ4n) is 15.6. The lowest BCUT2D eigenvalue weighted by atomic mass is 9.88. The molecule has 39 nitrogen and oxygen atoms in total. The Kier molecular flexibility index (Phi) is 40.6. The fraction of sp³-hybridized carbons (Fsp3) is 0.583. The molecule has 41 heteroatoms. The topological polar surface area (TPSA) is 627 Å². The van der Waals surface area contributed by atoms with Crippen molar-refractivity contribution in [3.05, 3.63) is 77.7 Å². The molecule has 2 aromatic carbocycles. The number of primary amides is 2. The summed E-state index contributed by atoms with van der Waals surface area (Å²) in [5.74, 6) is -25.9. The average molecular weight is 1780 g/mol. The number of aliphatic carboxylic acids is 2. The molecule has 0 aliphatic carbocycles. The summed E-state index contributed by atoms with van der Waals surface area (Å²) in [7, 11) is 3.02. The number of carbonyl (C=O) groups is 18. The first kappa shape index (κ1) is 101. The predicted molar refractivity (Wildman–Crippen MR) is 457 cm³/mol. The summed E-state index contributed by atoms with van der Waals surface area (Å²) in [5, 5.41) is 77.3. The zero-order valence-corrected chi connectivity index (χ0v) is 72.2. The van der Waals surface area contributed by atoms with Crippen LogP contribution in [0.15, 0.2) is 60.9 Å². The van der Waals surface area contributed by atoms with Crippen LogP contribution >= 0.6 is 21.6 Å². The van der Waals surface area contributed by atoms with E-state index >= 15 is 38.4 Å². The number of aliphatic hydroxyl groups excluding tert-OH is 1. The summed E-state index contributed by atoms with van der Waals surface area (Å²) < 4.78 is 1.28. The molecule has 13 atom stereocenters. The van der Waals surface area contributed by atoms with Crippen molar-refractivity contribution in [3.63, 3.8) is 0 Å².